The predicted molar refractivity (Wildman–Crippen MR) is 69.3 cm³/mol. The van der Waals surface area contributed by atoms with E-state index in [4.69, 9.17) is 44.3 Å². The second kappa shape index (κ2) is 7.19. The van der Waals surface area contributed by atoms with Crippen molar-refractivity contribution < 1.29 is 28.6 Å². The molecule has 7 nitrogen and oxygen atoms in total. The first-order chi connectivity index (χ1) is 9.22. The Morgan fingerprint density at radius 1 is 1.25 bits per heavy atom. The van der Waals surface area contributed by atoms with Crippen LogP contribution in [-0.4, -0.2) is 40.8 Å². The molecule has 1 saturated heterocycles. The maximum Gasteiger partial charge on any atom is 0.510 e. The summed E-state index contributed by atoms with van der Waals surface area (Å²) in [7, 11) is 0. The number of amides is 1. The van der Waals surface area contributed by atoms with Crippen LogP contribution in [-0.2, 0) is 23.8 Å². The van der Waals surface area contributed by atoms with Gasteiger partial charge < -0.3 is 19.5 Å². The highest BCUT2D eigenvalue weighted by Crippen LogP contribution is 2.24. The van der Waals surface area contributed by atoms with Crippen LogP contribution in [0.25, 0.3) is 0 Å². The molecular formula is C10H12Cl3NO6. The zero-order valence-electron chi connectivity index (χ0n) is 10.5. The van der Waals surface area contributed by atoms with Crippen molar-refractivity contribution in [2.75, 3.05) is 0 Å². The molecule has 0 aliphatic carbocycles. The number of carbonyl (C=O) groups excluding carboxylic acids is 3. The summed E-state index contributed by atoms with van der Waals surface area (Å²) in [5, 5.41) is 2.35. The van der Waals surface area contributed by atoms with E-state index in [0.717, 1.165) is 0 Å². The average Bonchev–Trinajstić information content (AvgIpc) is 2.26. The number of β-lactam (4-membered cyclic amide) rings is 1. The largest absolute Gasteiger partial charge is 0.510 e. The summed E-state index contributed by atoms with van der Waals surface area (Å²) < 4.78 is 14.2. The van der Waals surface area contributed by atoms with Crippen molar-refractivity contribution in [1.29, 1.82) is 0 Å². The Labute approximate surface area is 129 Å². The number of hydrogen-bond donors (Lipinski definition) is 1. The molecule has 4 atom stereocenters. The third-order valence-electron chi connectivity index (χ3n) is 2.40. The van der Waals surface area contributed by atoms with Crippen LogP contribution in [0.15, 0.2) is 0 Å². The van der Waals surface area contributed by atoms with Gasteiger partial charge in [0.2, 0.25) is 11.5 Å². The van der Waals surface area contributed by atoms with Gasteiger partial charge in [0.1, 0.15) is 12.0 Å². The van der Waals surface area contributed by atoms with Crippen molar-refractivity contribution >= 4 is 52.8 Å². The first-order valence-corrected chi connectivity index (χ1v) is 6.80. The van der Waals surface area contributed by atoms with Crippen molar-refractivity contribution in [2.45, 2.75) is 36.6 Å². The maximum absolute atomic E-state index is 11.4. The molecule has 1 fully saturated rings. The molecule has 0 radical (unpaired) electrons. The van der Waals surface area contributed by atoms with Gasteiger partial charge in [-0.15, -0.1) is 0 Å². The van der Waals surface area contributed by atoms with Crippen LogP contribution in [0.3, 0.4) is 0 Å². The highest BCUT2D eigenvalue weighted by atomic mass is 35.5. The van der Waals surface area contributed by atoms with E-state index in [9.17, 15) is 14.4 Å². The van der Waals surface area contributed by atoms with Crippen molar-refractivity contribution in [1.82, 2.24) is 5.32 Å². The van der Waals surface area contributed by atoms with Crippen LogP contribution in [0.1, 0.15) is 13.8 Å². The Hall–Kier alpha value is -0.920. The fraction of sp³-hybridized carbons (Fsp3) is 0.700. The topological polar surface area (TPSA) is 90.9 Å². The van der Waals surface area contributed by atoms with Gasteiger partial charge in [0.15, 0.2) is 11.1 Å². The van der Waals surface area contributed by atoms with Crippen LogP contribution < -0.4 is 5.32 Å². The summed E-state index contributed by atoms with van der Waals surface area (Å²) in [6, 6.07) is 0. The molecule has 1 N–H and O–H groups in total. The Morgan fingerprint density at radius 2 is 1.85 bits per heavy atom. The third kappa shape index (κ3) is 4.57. The summed E-state index contributed by atoms with van der Waals surface area (Å²) in [5.74, 6) is -1.79. The second-order valence-corrected chi connectivity index (χ2v) is 5.53. The lowest BCUT2D eigenvalue weighted by atomic mass is 9.93. The monoisotopic (exact) mass is 347 g/mol. The first kappa shape index (κ1) is 17.1. The van der Waals surface area contributed by atoms with Gasteiger partial charge in [0, 0.05) is 6.92 Å². The molecule has 0 bridgehead atoms. The molecule has 1 amide bonds. The van der Waals surface area contributed by atoms with E-state index < -0.39 is 46.7 Å². The molecule has 114 valence electrons. The minimum Gasteiger partial charge on any atom is -0.441 e. The average molecular weight is 349 g/mol. The molecule has 0 aromatic carbocycles. The lowest BCUT2D eigenvalue weighted by molar-refractivity contribution is -0.174. The quantitative estimate of drug-likeness (QED) is 0.460. The predicted octanol–water partition coefficient (Wildman–Crippen LogP) is 1.53. The first-order valence-electron chi connectivity index (χ1n) is 5.49. The Bertz CT molecular complexity index is 404. The minimum absolute atomic E-state index is 0.411. The summed E-state index contributed by atoms with van der Waals surface area (Å²) in [6.45, 7) is 2.64. The molecule has 1 heterocycles. The number of hydrogen-bond acceptors (Lipinski definition) is 6. The van der Waals surface area contributed by atoms with Gasteiger partial charge in [-0.2, -0.15) is 0 Å². The van der Waals surface area contributed by atoms with E-state index in [1.54, 1.807) is 0 Å². The fourth-order valence-electron chi connectivity index (χ4n) is 1.50. The van der Waals surface area contributed by atoms with Crippen LogP contribution in [0.2, 0.25) is 0 Å². The standard InChI is InChI=1S/C10H12Cl3NO6/c1-3(18-10(17)20-7(13)6(11)12)5-8(16)14-9(5)19-4(2)15/h3,5-7,9H,1-2H3,(H,14,16). The SMILES string of the molecule is CC(=O)OC1NC(=O)C1C(C)OC(=O)OC(Cl)C(Cl)Cl. The summed E-state index contributed by atoms with van der Waals surface area (Å²) in [6.07, 6.45) is -2.86. The summed E-state index contributed by atoms with van der Waals surface area (Å²) >= 11 is 16.3. The van der Waals surface area contributed by atoms with Gasteiger partial charge in [-0.25, -0.2) is 4.79 Å². The number of rotatable bonds is 5. The van der Waals surface area contributed by atoms with E-state index in [0.29, 0.717) is 0 Å². The minimum atomic E-state index is -1.28. The molecular weight excluding hydrogens is 336 g/mol. The molecule has 4 unspecified atom stereocenters. The molecule has 0 aromatic rings. The maximum atomic E-state index is 11.4. The molecule has 0 aromatic heterocycles. The number of carbonyl (C=O) groups is 3. The van der Waals surface area contributed by atoms with E-state index in [2.05, 4.69) is 10.1 Å². The number of esters is 1. The van der Waals surface area contributed by atoms with Gasteiger partial charge in [-0.1, -0.05) is 34.8 Å². The van der Waals surface area contributed by atoms with Crippen LogP contribution >= 0.6 is 34.8 Å². The Kier molecular flexibility index (Phi) is 6.16. The lowest BCUT2D eigenvalue weighted by Crippen LogP contribution is -2.63. The van der Waals surface area contributed by atoms with Crippen molar-refractivity contribution in [2.24, 2.45) is 5.92 Å². The second-order valence-electron chi connectivity index (χ2n) is 3.94. The Balaban J connectivity index is 2.48. The molecule has 1 aliphatic heterocycles. The number of ether oxygens (including phenoxy) is 3. The highest BCUT2D eigenvalue weighted by molar-refractivity contribution is 6.48. The molecule has 1 rings (SSSR count). The van der Waals surface area contributed by atoms with Gasteiger partial charge >= 0.3 is 12.1 Å². The van der Waals surface area contributed by atoms with Crippen LogP contribution in [0.4, 0.5) is 4.79 Å². The van der Waals surface area contributed by atoms with Crippen molar-refractivity contribution in [3.63, 3.8) is 0 Å². The molecule has 10 heteroatoms. The molecule has 0 saturated carbocycles. The van der Waals surface area contributed by atoms with E-state index in [1.807, 2.05) is 0 Å². The number of alkyl halides is 3. The smallest absolute Gasteiger partial charge is 0.441 e. The third-order valence-corrected chi connectivity index (χ3v) is 3.46. The Morgan fingerprint density at radius 3 is 2.30 bits per heavy atom. The van der Waals surface area contributed by atoms with Gasteiger partial charge in [-0.3, -0.25) is 9.59 Å². The van der Waals surface area contributed by atoms with E-state index in [1.165, 1.54) is 13.8 Å². The van der Waals surface area contributed by atoms with Crippen molar-refractivity contribution in [3.05, 3.63) is 0 Å². The van der Waals surface area contributed by atoms with Gasteiger partial charge in [0.25, 0.3) is 0 Å². The number of halogens is 3. The number of nitrogens with one attached hydrogen (secondary N) is 1. The lowest BCUT2D eigenvalue weighted by Gasteiger charge is -2.38. The molecule has 20 heavy (non-hydrogen) atoms. The van der Waals surface area contributed by atoms with Gasteiger partial charge in [-0.05, 0) is 6.92 Å². The van der Waals surface area contributed by atoms with E-state index in [-0.39, 0.29) is 0 Å². The molecule has 1 aliphatic rings. The van der Waals surface area contributed by atoms with E-state index >= 15 is 0 Å². The summed E-state index contributed by atoms with van der Waals surface area (Å²) in [5.41, 5.74) is -1.28. The van der Waals surface area contributed by atoms with Crippen LogP contribution in [0, 0.1) is 5.92 Å². The molecule has 0 spiro atoms. The summed E-state index contributed by atoms with van der Waals surface area (Å²) in [4.78, 5) is 32.4. The highest BCUT2D eigenvalue weighted by Gasteiger charge is 2.47. The fourth-order valence-corrected chi connectivity index (χ4v) is 1.68. The zero-order chi connectivity index (χ0) is 15.4. The van der Waals surface area contributed by atoms with Gasteiger partial charge in [0.05, 0.1) is 0 Å². The normalized spacial score (nSPS) is 24.2. The zero-order valence-corrected chi connectivity index (χ0v) is 12.7. The van der Waals surface area contributed by atoms with Crippen LogP contribution in [0.5, 0.6) is 0 Å². The van der Waals surface area contributed by atoms with Crippen molar-refractivity contribution in [3.8, 4) is 0 Å².